The minimum absolute atomic E-state index is 0.0352. The third-order valence-electron chi connectivity index (χ3n) is 3.75. The van der Waals surface area contributed by atoms with Crippen LogP contribution in [0.2, 0.25) is 0 Å². The van der Waals surface area contributed by atoms with E-state index in [0.29, 0.717) is 42.6 Å². The molecule has 1 aliphatic heterocycles. The zero-order valence-electron chi connectivity index (χ0n) is 13.0. The molecule has 0 bridgehead atoms. The Labute approximate surface area is 133 Å². The van der Waals surface area contributed by atoms with Crippen molar-refractivity contribution >= 4 is 11.7 Å². The predicted octanol–water partition coefficient (Wildman–Crippen LogP) is 0.352. The Morgan fingerprint density at radius 1 is 1.39 bits per heavy atom. The molecule has 1 atom stereocenters. The number of anilines is 1. The molecule has 122 valence electrons. The lowest BCUT2D eigenvalue weighted by atomic mass is 10.1. The van der Waals surface area contributed by atoms with Crippen LogP contribution in [0.25, 0.3) is 0 Å². The van der Waals surface area contributed by atoms with Gasteiger partial charge in [0, 0.05) is 26.0 Å². The summed E-state index contributed by atoms with van der Waals surface area (Å²) in [4.78, 5) is 22.8. The van der Waals surface area contributed by atoms with Crippen LogP contribution in [-0.4, -0.2) is 57.8 Å². The summed E-state index contributed by atoms with van der Waals surface area (Å²) < 4.78 is 10.4. The third kappa shape index (κ3) is 3.29. The highest BCUT2D eigenvalue weighted by Gasteiger charge is 2.29. The summed E-state index contributed by atoms with van der Waals surface area (Å²) >= 11 is 0. The van der Waals surface area contributed by atoms with E-state index < -0.39 is 0 Å². The summed E-state index contributed by atoms with van der Waals surface area (Å²) in [6.45, 7) is 3.18. The van der Waals surface area contributed by atoms with Gasteiger partial charge in [0.25, 0.3) is 0 Å². The van der Waals surface area contributed by atoms with Crippen molar-refractivity contribution in [2.24, 2.45) is 0 Å². The molecule has 2 aromatic heterocycles. The lowest BCUT2D eigenvalue weighted by molar-refractivity contribution is -0.138. The van der Waals surface area contributed by atoms with Gasteiger partial charge in [0.05, 0.1) is 19.6 Å². The topological polar surface area (TPSA) is 106 Å². The number of aryl methyl sites for hydroxylation is 1. The monoisotopic (exact) mass is 318 g/mol. The highest BCUT2D eigenvalue weighted by molar-refractivity contribution is 5.78. The van der Waals surface area contributed by atoms with E-state index in [1.54, 1.807) is 31.3 Å². The van der Waals surface area contributed by atoms with Crippen molar-refractivity contribution in [1.82, 2.24) is 25.2 Å². The number of carbonyl (C=O) groups is 1. The van der Waals surface area contributed by atoms with Crippen molar-refractivity contribution in [2.45, 2.75) is 19.4 Å². The molecule has 0 unspecified atom stereocenters. The van der Waals surface area contributed by atoms with Gasteiger partial charge in [-0.1, -0.05) is 10.3 Å². The first-order valence-electron chi connectivity index (χ1n) is 7.35. The first-order valence-corrected chi connectivity index (χ1v) is 7.35. The smallest absolute Gasteiger partial charge is 0.228 e. The average Bonchev–Trinajstić information content (AvgIpc) is 2.99. The van der Waals surface area contributed by atoms with Gasteiger partial charge >= 0.3 is 0 Å². The Balaban J connectivity index is 1.70. The number of carbonyl (C=O) groups excluding carboxylic acids is 1. The molecule has 23 heavy (non-hydrogen) atoms. The average molecular weight is 318 g/mol. The molecule has 9 nitrogen and oxygen atoms in total. The van der Waals surface area contributed by atoms with Gasteiger partial charge in [-0.25, -0.2) is 9.61 Å². The molecule has 1 N–H and O–H groups in total. The van der Waals surface area contributed by atoms with Gasteiger partial charge in [-0.05, 0) is 6.92 Å². The maximum absolute atomic E-state index is 12.5. The molecule has 1 saturated heterocycles. The SMILES string of the molecule is CNc1nccnc1[C@H]1CN(C(=O)Cc2nonc2C)CCO1. The van der Waals surface area contributed by atoms with Gasteiger partial charge in [-0.3, -0.25) is 9.78 Å². The maximum Gasteiger partial charge on any atom is 0.228 e. The summed E-state index contributed by atoms with van der Waals surface area (Å²) in [6, 6.07) is 0. The van der Waals surface area contributed by atoms with Crippen molar-refractivity contribution in [2.75, 3.05) is 32.1 Å². The number of ether oxygens (including phenoxy) is 1. The van der Waals surface area contributed by atoms with Crippen LogP contribution in [0.4, 0.5) is 5.82 Å². The van der Waals surface area contributed by atoms with E-state index in [-0.39, 0.29) is 18.4 Å². The Bertz CT molecular complexity index is 689. The molecule has 0 spiro atoms. The second kappa shape index (κ2) is 6.69. The first kappa shape index (κ1) is 15.3. The third-order valence-corrected chi connectivity index (χ3v) is 3.75. The van der Waals surface area contributed by atoms with E-state index in [0.717, 1.165) is 0 Å². The number of hydrogen-bond acceptors (Lipinski definition) is 8. The number of aromatic nitrogens is 4. The molecule has 1 amide bonds. The number of amides is 1. The van der Waals surface area contributed by atoms with Crippen molar-refractivity contribution in [3.05, 3.63) is 29.5 Å². The van der Waals surface area contributed by atoms with E-state index in [4.69, 9.17) is 4.74 Å². The molecule has 2 aromatic rings. The largest absolute Gasteiger partial charge is 0.372 e. The second-order valence-corrected chi connectivity index (χ2v) is 5.21. The van der Waals surface area contributed by atoms with Crippen molar-refractivity contribution < 1.29 is 14.2 Å². The predicted molar refractivity (Wildman–Crippen MR) is 79.6 cm³/mol. The molecular weight excluding hydrogens is 300 g/mol. The number of rotatable bonds is 4. The van der Waals surface area contributed by atoms with E-state index in [1.807, 2.05) is 0 Å². The summed E-state index contributed by atoms with van der Waals surface area (Å²) in [5.74, 6) is 0.621. The summed E-state index contributed by atoms with van der Waals surface area (Å²) in [7, 11) is 1.78. The van der Waals surface area contributed by atoms with Crippen LogP contribution in [0.15, 0.2) is 17.0 Å². The first-order chi connectivity index (χ1) is 11.2. The minimum Gasteiger partial charge on any atom is -0.372 e. The van der Waals surface area contributed by atoms with Gasteiger partial charge in [0.2, 0.25) is 5.91 Å². The van der Waals surface area contributed by atoms with E-state index in [2.05, 4.69) is 30.2 Å². The van der Waals surface area contributed by atoms with Crippen LogP contribution in [0, 0.1) is 6.92 Å². The standard InChI is InChI=1S/C14H18N6O3/c1-9-10(19-23-18-9)7-12(21)20-5-6-22-11(8-20)13-14(15-2)17-4-3-16-13/h3-4,11H,5-8H2,1-2H3,(H,15,17)/t11-/m1/s1. The van der Waals surface area contributed by atoms with Crippen molar-refractivity contribution in [3.63, 3.8) is 0 Å². The molecule has 9 heteroatoms. The Morgan fingerprint density at radius 3 is 2.96 bits per heavy atom. The van der Waals surface area contributed by atoms with Crippen LogP contribution in [0.3, 0.4) is 0 Å². The second-order valence-electron chi connectivity index (χ2n) is 5.21. The number of nitrogens with zero attached hydrogens (tertiary/aromatic N) is 5. The Morgan fingerprint density at radius 2 is 2.22 bits per heavy atom. The fraction of sp³-hybridized carbons (Fsp3) is 0.500. The van der Waals surface area contributed by atoms with Crippen LogP contribution in [0.5, 0.6) is 0 Å². The van der Waals surface area contributed by atoms with Crippen LogP contribution >= 0.6 is 0 Å². The summed E-state index contributed by atoms with van der Waals surface area (Å²) in [5, 5.41) is 10.4. The highest BCUT2D eigenvalue weighted by atomic mass is 16.6. The van der Waals surface area contributed by atoms with Crippen LogP contribution < -0.4 is 5.32 Å². The summed E-state index contributed by atoms with van der Waals surface area (Å²) in [6.07, 6.45) is 3.09. The van der Waals surface area contributed by atoms with Gasteiger partial charge < -0.3 is 15.0 Å². The van der Waals surface area contributed by atoms with Gasteiger partial charge in [0.1, 0.15) is 29.0 Å². The molecule has 0 radical (unpaired) electrons. The van der Waals surface area contributed by atoms with Crippen molar-refractivity contribution in [1.29, 1.82) is 0 Å². The molecule has 3 rings (SSSR count). The number of hydrogen-bond donors (Lipinski definition) is 1. The summed E-state index contributed by atoms with van der Waals surface area (Å²) in [5.41, 5.74) is 1.90. The van der Waals surface area contributed by atoms with Crippen LogP contribution in [0.1, 0.15) is 23.2 Å². The molecule has 0 saturated carbocycles. The van der Waals surface area contributed by atoms with E-state index >= 15 is 0 Å². The molecular formula is C14H18N6O3. The van der Waals surface area contributed by atoms with Gasteiger partial charge in [0.15, 0.2) is 0 Å². The number of morpholine rings is 1. The normalized spacial score (nSPS) is 18.0. The maximum atomic E-state index is 12.5. The Hall–Kier alpha value is -2.55. The fourth-order valence-corrected chi connectivity index (χ4v) is 2.48. The van der Waals surface area contributed by atoms with E-state index in [9.17, 15) is 4.79 Å². The number of nitrogens with one attached hydrogen (secondary N) is 1. The van der Waals surface area contributed by atoms with Gasteiger partial charge in [-0.15, -0.1) is 0 Å². The molecule has 1 aliphatic rings. The minimum atomic E-state index is -0.305. The van der Waals surface area contributed by atoms with E-state index in [1.165, 1.54) is 0 Å². The molecule has 0 aromatic carbocycles. The molecule has 3 heterocycles. The van der Waals surface area contributed by atoms with Gasteiger partial charge in [-0.2, -0.15) is 0 Å². The molecule has 1 fully saturated rings. The lowest BCUT2D eigenvalue weighted by Crippen LogP contribution is -2.43. The lowest BCUT2D eigenvalue weighted by Gasteiger charge is -2.33. The van der Waals surface area contributed by atoms with Crippen molar-refractivity contribution in [3.8, 4) is 0 Å². The zero-order chi connectivity index (χ0) is 16.2. The zero-order valence-corrected chi connectivity index (χ0v) is 13.0. The molecule has 0 aliphatic carbocycles. The quantitative estimate of drug-likeness (QED) is 0.861. The highest BCUT2D eigenvalue weighted by Crippen LogP contribution is 2.25. The van der Waals surface area contributed by atoms with Crippen LogP contribution in [-0.2, 0) is 16.0 Å². The Kier molecular flexibility index (Phi) is 4.47. The fourth-order valence-electron chi connectivity index (χ4n) is 2.48.